The van der Waals surface area contributed by atoms with Gasteiger partial charge in [-0.15, -0.1) is 4.80 Å². The summed E-state index contributed by atoms with van der Waals surface area (Å²) in [6, 6.07) is 4.58. The van der Waals surface area contributed by atoms with E-state index in [1.165, 1.54) is 29.5 Å². The van der Waals surface area contributed by atoms with Crippen molar-refractivity contribution in [1.29, 1.82) is 0 Å². The highest BCUT2D eigenvalue weighted by atomic mass is 19.1. The summed E-state index contributed by atoms with van der Waals surface area (Å²) in [4.78, 5) is 24.6. The maximum absolute atomic E-state index is 14.0. The number of hydrogen-bond acceptors (Lipinski definition) is 6. The van der Waals surface area contributed by atoms with Crippen LogP contribution >= 0.6 is 0 Å². The van der Waals surface area contributed by atoms with Crippen molar-refractivity contribution in [3.63, 3.8) is 0 Å². The largest absolute Gasteiger partial charge is 0.473 e. The molecule has 0 saturated carbocycles. The van der Waals surface area contributed by atoms with Crippen molar-refractivity contribution < 1.29 is 13.9 Å². The minimum absolute atomic E-state index is 0.0823. The number of ether oxygens (including phenoxy) is 1. The summed E-state index contributed by atoms with van der Waals surface area (Å²) < 4.78 is 19.5. The molecule has 0 bridgehead atoms. The maximum Gasteiger partial charge on any atom is 0.275 e. The van der Waals surface area contributed by atoms with Crippen LogP contribution in [0.15, 0.2) is 36.8 Å². The molecule has 29 heavy (non-hydrogen) atoms. The molecule has 3 rings (SSSR count). The smallest absolute Gasteiger partial charge is 0.275 e. The summed E-state index contributed by atoms with van der Waals surface area (Å²) in [5, 5.41) is 8.20. The third kappa shape index (κ3) is 4.56. The molecule has 152 valence electrons. The number of hydrogen-bond donors (Lipinski definition) is 0. The van der Waals surface area contributed by atoms with Crippen molar-refractivity contribution in [2.45, 2.75) is 33.7 Å². The molecule has 0 aromatic carbocycles. The summed E-state index contributed by atoms with van der Waals surface area (Å²) in [6.45, 7) is 7.77. The molecule has 0 aliphatic heterocycles. The predicted octanol–water partition coefficient (Wildman–Crippen LogP) is 2.74. The molecule has 0 fully saturated rings. The normalized spacial score (nSPS) is 11.9. The molecule has 8 nitrogen and oxygen atoms in total. The topological polar surface area (TPSA) is 86.0 Å². The fraction of sp³-hybridized carbons (Fsp3) is 0.350. The fourth-order valence-electron chi connectivity index (χ4n) is 2.92. The Labute approximate surface area is 168 Å². The van der Waals surface area contributed by atoms with Crippen LogP contribution in [0.5, 0.6) is 5.88 Å². The Morgan fingerprint density at radius 2 is 2.00 bits per heavy atom. The Kier molecular flexibility index (Phi) is 6.16. The first kappa shape index (κ1) is 20.4. The zero-order chi connectivity index (χ0) is 21.0. The lowest BCUT2D eigenvalue weighted by atomic mass is 10.2. The summed E-state index contributed by atoms with van der Waals surface area (Å²) in [6.07, 6.45) is 4.60. The molecule has 0 saturated heterocycles. The van der Waals surface area contributed by atoms with Gasteiger partial charge in [-0.1, -0.05) is 0 Å². The van der Waals surface area contributed by atoms with Crippen LogP contribution in [-0.4, -0.2) is 55.0 Å². The van der Waals surface area contributed by atoms with Gasteiger partial charge in [0.25, 0.3) is 5.91 Å². The lowest BCUT2D eigenvalue weighted by molar-refractivity contribution is 0.0637. The van der Waals surface area contributed by atoms with E-state index in [0.29, 0.717) is 23.5 Å². The third-order valence-electron chi connectivity index (χ3n) is 4.39. The van der Waals surface area contributed by atoms with E-state index in [9.17, 15) is 9.18 Å². The van der Waals surface area contributed by atoms with Gasteiger partial charge in [-0.2, -0.15) is 10.2 Å². The zero-order valence-electron chi connectivity index (χ0n) is 16.8. The number of aromatic nitrogens is 5. The van der Waals surface area contributed by atoms with Gasteiger partial charge in [0.15, 0.2) is 11.5 Å². The minimum atomic E-state index is -0.529. The Bertz CT molecular complexity index is 993. The molecular weight excluding hydrogens is 375 g/mol. The number of carbonyl (C=O) groups excluding carboxylic acids is 1. The highest BCUT2D eigenvalue weighted by Gasteiger charge is 2.26. The van der Waals surface area contributed by atoms with Crippen molar-refractivity contribution >= 4 is 5.91 Å². The highest BCUT2D eigenvalue weighted by Crippen LogP contribution is 2.18. The highest BCUT2D eigenvalue weighted by molar-refractivity contribution is 5.96. The molecule has 0 unspecified atom stereocenters. The molecule has 0 aliphatic rings. The summed E-state index contributed by atoms with van der Waals surface area (Å²) in [5.74, 6) is -0.892. The van der Waals surface area contributed by atoms with Gasteiger partial charge in [0.1, 0.15) is 12.3 Å². The van der Waals surface area contributed by atoms with Gasteiger partial charge in [0, 0.05) is 18.4 Å². The van der Waals surface area contributed by atoms with Gasteiger partial charge in [-0.05, 0) is 51.5 Å². The van der Waals surface area contributed by atoms with Crippen LogP contribution in [-0.2, 0) is 0 Å². The molecule has 0 spiro atoms. The second-order valence-electron chi connectivity index (χ2n) is 6.69. The number of aryl methyl sites for hydroxylation is 2. The minimum Gasteiger partial charge on any atom is -0.473 e. The second-order valence-corrected chi connectivity index (χ2v) is 6.69. The number of halogens is 1. The SMILES string of the molecule is CCN(C(=O)c1nc(C)ccc1-n1nccn1)[C@@H](C)COc1ncc(C)cc1F. The van der Waals surface area contributed by atoms with Crippen LogP contribution in [0.25, 0.3) is 5.69 Å². The lowest BCUT2D eigenvalue weighted by Crippen LogP contribution is -2.42. The molecule has 3 heterocycles. The summed E-state index contributed by atoms with van der Waals surface area (Å²) >= 11 is 0. The Morgan fingerprint density at radius 1 is 1.28 bits per heavy atom. The zero-order valence-corrected chi connectivity index (χ0v) is 16.8. The molecule has 3 aromatic heterocycles. The van der Waals surface area contributed by atoms with E-state index in [2.05, 4.69) is 20.2 Å². The number of nitrogens with zero attached hydrogens (tertiary/aromatic N) is 6. The van der Waals surface area contributed by atoms with Crippen LogP contribution in [0.4, 0.5) is 4.39 Å². The first-order chi connectivity index (χ1) is 13.9. The van der Waals surface area contributed by atoms with Gasteiger partial charge >= 0.3 is 0 Å². The van der Waals surface area contributed by atoms with Gasteiger partial charge < -0.3 is 9.64 Å². The van der Waals surface area contributed by atoms with Crippen LogP contribution in [0.3, 0.4) is 0 Å². The van der Waals surface area contributed by atoms with Gasteiger partial charge in [0.2, 0.25) is 5.88 Å². The molecular formula is C20H23FN6O2. The van der Waals surface area contributed by atoms with Crippen LogP contribution in [0, 0.1) is 19.7 Å². The molecule has 1 atom stereocenters. The van der Waals surface area contributed by atoms with Crippen molar-refractivity contribution in [3.8, 4) is 11.6 Å². The number of likely N-dealkylation sites (N-methyl/N-ethyl adjacent to an activating group) is 1. The average molecular weight is 398 g/mol. The van der Waals surface area contributed by atoms with Gasteiger partial charge in [-0.3, -0.25) is 4.79 Å². The average Bonchev–Trinajstić information content (AvgIpc) is 3.22. The van der Waals surface area contributed by atoms with Gasteiger partial charge in [-0.25, -0.2) is 14.4 Å². The summed E-state index contributed by atoms with van der Waals surface area (Å²) in [5.41, 5.74) is 2.15. The number of carbonyl (C=O) groups is 1. The van der Waals surface area contributed by atoms with Gasteiger partial charge in [0.05, 0.1) is 18.4 Å². The number of amides is 1. The Morgan fingerprint density at radius 3 is 2.66 bits per heavy atom. The molecule has 0 aliphatic carbocycles. The lowest BCUT2D eigenvalue weighted by Gasteiger charge is -2.28. The fourth-order valence-corrected chi connectivity index (χ4v) is 2.92. The van der Waals surface area contributed by atoms with Crippen LogP contribution < -0.4 is 4.74 Å². The number of pyridine rings is 2. The van der Waals surface area contributed by atoms with E-state index in [0.717, 1.165) is 0 Å². The molecule has 1 amide bonds. The first-order valence-corrected chi connectivity index (χ1v) is 9.31. The maximum atomic E-state index is 14.0. The molecule has 0 N–H and O–H groups in total. The molecule has 0 radical (unpaired) electrons. The summed E-state index contributed by atoms with van der Waals surface area (Å²) in [7, 11) is 0. The van der Waals surface area contributed by atoms with Crippen LogP contribution in [0.1, 0.15) is 35.6 Å². The molecule has 9 heteroatoms. The van der Waals surface area contributed by atoms with E-state index in [-0.39, 0.29) is 30.1 Å². The Hall–Kier alpha value is -3.36. The Balaban J connectivity index is 1.80. The quantitative estimate of drug-likeness (QED) is 0.608. The van der Waals surface area contributed by atoms with E-state index >= 15 is 0 Å². The van der Waals surface area contributed by atoms with Crippen molar-refractivity contribution in [3.05, 3.63) is 59.6 Å². The first-order valence-electron chi connectivity index (χ1n) is 9.31. The monoisotopic (exact) mass is 398 g/mol. The van der Waals surface area contributed by atoms with E-state index in [1.54, 1.807) is 24.0 Å². The number of rotatable bonds is 7. The predicted molar refractivity (Wildman–Crippen MR) is 104 cm³/mol. The van der Waals surface area contributed by atoms with Crippen molar-refractivity contribution in [2.75, 3.05) is 13.2 Å². The van der Waals surface area contributed by atoms with E-state index in [1.807, 2.05) is 20.8 Å². The third-order valence-corrected chi connectivity index (χ3v) is 4.39. The standard InChI is InChI=1S/C20H23FN6O2/c1-5-26(15(4)12-29-19-16(21)10-13(2)11-22-19)20(28)18-17(7-6-14(3)25-18)27-23-8-9-24-27/h6-11,15H,5,12H2,1-4H3/t15-/m0/s1. The second kappa shape index (κ2) is 8.76. The van der Waals surface area contributed by atoms with E-state index in [4.69, 9.17) is 4.74 Å². The molecule has 3 aromatic rings. The van der Waals surface area contributed by atoms with Crippen molar-refractivity contribution in [2.24, 2.45) is 0 Å². The van der Waals surface area contributed by atoms with Crippen LogP contribution in [0.2, 0.25) is 0 Å². The van der Waals surface area contributed by atoms with E-state index < -0.39 is 5.82 Å². The van der Waals surface area contributed by atoms with Crippen molar-refractivity contribution in [1.82, 2.24) is 29.9 Å².